The summed E-state index contributed by atoms with van der Waals surface area (Å²) in [5.74, 6) is 1.04. The second-order valence-corrected chi connectivity index (χ2v) is 6.56. The molecule has 0 spiro atoms. The van der Waals surface area contributed by atoms with Crippen LogP contribution in [0.25, 0.3) is 0 Å². The van der Waals surface area contributed by atoms with E-state index in [1.807, 2.05) is 34.8 Å². The fourth-order valence-corrected chi connectivity index (χ4v) is 3.31. The Kier molecular flexibility index (Phi) is 5.17. The molecular formula is C16H21N5OS. The number of hydrogen-bond acceptors (Lipinski definition) is 6. The van der Waals surface area contributed by atoms with Crippen LogP contribution < -0.4 is 5.32 Å². The van der Waals surface area contributed by atoms with Crippen molar-refractivity contribution >= 4 is 23.1 Å². The van der Waals surface area contributed by atoms with E-state index in [9.17, 15) is 4.79 Å². The Morgan fingerprint density at radius 2 is 2.17 bits per heavy atom. The number of rotatable bonds is 5. The Morgan fingerprint density at radius 3 is 2.83 bits per heavy atom. The predicted octanol–water partition coefficient (Wildman–Crippen LogP) is 2.28. The molecular weight excluding hydrogens is 310 g/mol. The highest BCUT2D eigenvalue weighted by atomic mass is 32.1. The number of piperidine rings is 1. The van der Waals surface area contributed by atoms with Gasteiger partial charge in [-0.15, -0.1) is 16.4 Å². The van der Waals surface area contributed by atoms with Gasteiger partial charge in [0.2, 0.25) is 5.91 Å². The Labute approximate surface area is 140 Å². The number of hydrogen-bond donors (Lipinski definition) is 1. The zero-order valence-corrected chi connectivity index (χ0v) is 14.1. The second-order valence-electron chi connectivity index (χ2n) is 5.84. The molecule has 122 valence electrons. The molecule has 0 atom stereocenters. The molecule has 0 radical (unpaired) electrons. The lowest BCUT2D eigenvalue weighted by Gasteiger charge is -2.32. The quantitative estimate of drug-likeness (QED) is 0.910. The molecule has 1 saturated heterocycles. The molecule has 1 amide bonds. The van der Waals surface area contributed by atoms with Crippen LogP contribution in [0.4, 0.5) is 5.82 Å². The van der Waals surface area contributed by atoms with Crippen LogP contribution in [-0.4, -0.2) is 45.1 Å². The van der Waals surface area contributed by atoms with Gasteiger partial charge in [0.05, 0.1) is 16.9 Å². The van der Waals surface area contributed by atoms with E-state index in [4.69, 9.17) is 0 Å². The Hall–Kier alpha value is -2.02. The lowest BCUT2D eigenvalue weighted by molar-refractivity contribution is -0.132. The minimum Gasteiger partial charge on any atom is -0.366 e. The highest BCUT2D eigenvalue weighted by Gasteiger charge is 2.22. The van der Waals surface area contributed by atoms with Crippen LogP contribution in [0.3, 0.4) is 0 Å². The van der Waals surface area contributed by atoms with Gasteiger partial charge in [-0.1, -0.05) is 0 Å². The number of aromatic nitrogens is 3. The summed E-state index contributed by atoms with van der Waals surface area (Å²) in [5, 5.41) is 13.6. The van der Waals surface area contributed by atoms with E-state index in [0.29, 0.717) is 12.5 Å². The van der Waals surface area contributed by atoms with Gasteiger partial charge in [-0.2, -0.15) is 5.10 Å². The summed E-state index contributed by atoms with van der Waals surface area (Å²) >= 11 is 1.57. The summed E-state index contributed by atoms with van der Waals surface area (Å²) < 4.78 is 0. The molecule has 1 aliphatic heterocycles. The molecule has 7 heteroatoms. The van der Waals surface area contributed by atoms with Crippen molar-refractivity contribution in [2.75, 3.05) is 18.4 Å². The molecule has 0 saturated carbocycles. The minimum absolute atomic E-state index is 0.228. The summed E-state index contributed by atoms with van der Waals surface area (Å²) in [4.78, 5) is 18.4. The van der Waals surface area contributed by atoms with Crippen LogP contribution in [0.2, 0.25) is 0 Å². The summed E-state index contributed by atoms with van der Waals surface area (Å²) in [6.45, 7) is 3.52. The number of aryl methyl sites for hydroxylation is 2. The number of nitrogens with one attached hydrogen (secondary N) is 1. The third-order valence-corrected chi connectivity index (χ3v) is 4.71. The van der Waals surface area contributed by atoms with Crippen molar-refractivity contribution in [3.8, 4) is 0 Å². The van der Waals surface area contributed by atoms with Crippen molar-refractivity contribution in [2.24, 2.45) is 0 Å². The number of carbonyl (C=O) groups is 1. The van der Waals surface area contributed by atoms with E-state index in [-0.39, 0.29) is 5.91 Å². The molecule has 0 unspecified atom stereocenters. The first-order valence-electron chi connectivity index (χ1n) is 7.92. The predicted molar refractivity (Wildman–Crippen MR) is 90.4 cm³/mol. The summed E-state index contributed by atoms with van der Waals surface area (Å²) in [7, 11) is 0. The van der Waals surface area contributed by atoms with Crippen LogP contribution in [0.1, 0.15) is 30.7 Å². The number of thiazole rings is 1. The van der Waals surface area contributed by atoms with Crippen molar-refractivity contribution in [3.05, 3.63) is 34.4 Å². The average Bonchev–Trinajstić information content (AvgIpc) is 3.09. The van der Waals surface area contributed by atoms with E-state index in [1.54, 1.807) is 11.3 Å². The first-order valence-corrected chi connectivity index (χ1v) is 8.87. The van der Waals surface area contributed by atoms with Crippen molar-refractivity contribution in [3.63, 3.8) is 0 Å². The number of amides is 1. The monoisotopic (exact) mass is 331 g/mol. The van der Waals surface area contributed by atoms with Gasteiger partial charge in [0, 0.05) is 30.9 Å². The number of likely N-dealkylation sites (tertiary alicyclic amines) is 1. The molecule has 23 heavy (non-hydrogen) atoms. The molecule has 1 aliphatic rings. The van der Waals surface area contributed by atoms with Crippen molar-refractivity contribution in [1.29, 1.82) is 0 Å². The topological polar surface area (TPSA) is 71.0 Å². The van der Waals surface area contributed by atoms with Gasteiger partial charge in [0.1, 0.15) is 5.82 Å². The Bertz CT molecular complexity index is 620. The fraction of sp³-hybridized carbons (Fsp3) is 0.500. The minimum atomic E-state index is 0.228. The van der Waals surface area contributed by atoms with E-state index >= 15 is 0 Å². The summed E-state index contributed by atoms with van der Waals surface area (Å²) in [5.41, 5.74) is 3.74. The first kappa shape index (κ1) is 15.9. The molecule has 1 N–H and O–H groups in total. The molecule has 0 aliphatic carbocycles. The van der Waals surface area contributed by atoms with Gasteiger partial charge in [0.25, 0.3) is 0 Å². The first-order chi connectivity index (χ1) is 11.2. The van der Waals surface area contributed by atoms with Gasteiger partial charge in [-0.3, -0.25) is 4.79 Å². The van der Waals surface area contributed by atoms with Crippen molar-refractivity contribution in [1.82, 2.24) is 20.1 Å². The molecule has 2 aromatic rings. The maximum atomic E-state index is 12.3. The third-order valence-electron chi connectivity index (χ3n) is 4.08. The van der Waals surface area contributed by atoms with E-state index in [0.717, 1.165) is 49.6 Å². The number of carbonyl (C=O) groups excluding carboxylic acids is 1. The van der Waals surface area contributed by atoms with Crippen LogP contribution in [-0.2, 0) is 11.2 Å². The summed E-state index contributed by atoms with van der Waals surface area (Å²) in [6.07, 6.45) is 3.17. The SMILES string of the molecule is Cc1ccc(NC2CCN(C(=O)CCc3cscn3)CC2)nn1. The van der Waals surface area contributed by atoms with E-state index in [2.05, 4.69) is 20.5 Å². The van der Waals surface area contributed by atoms with Crippen molar-refractivity contribution < 1.29 is 4.79 Å². The molecule has 2 aromatic heterocycles. The standard InChI is InChI=1S/C16H21N5OS/c1-12-2-4-15(20-19-12)18-13-6-8-21(9-7-13)16(22)5-3-14-10-23-11-17-14/h2,4,10-11,13H,3,5-9H2,1H3,(H,18,20). The second kappa shape index (κ2) is 7.50. The summed E-state index contributed by atoms with van der Waals surface area (Å²) in [6, 6.07) is 4.26. The van der Waals surface area contributed by atoms with Crippen LogP contribution in [0.5, 0.6) is 0 Å². The van der Waals surface area contributed by atoms with Gasteiger partial charge >= 0.3 is 0 Å². The average molecular weight is 331 g/mol. The highest BCUT2D eigenvalue weighted by Crippen LogP contribution is 2.16. The Balaban J connectivity index is 1.42. The number of nitrogens with zero attached hydrogens (tertiary/aromatic N) is 4. The number of anilines is 1. The van der Waals surface area contributed by atoms with Gasteiger partial charge < -0.3 is 10.2 Å². The van der Waals surface area contributed by atoms with E-state index in [1.165, 1.54) is 0 Å². The van der Waals surface area contributed by atoms with Crippen molar-refractivity contribution in [2.45, 2.75) is 38.6 Å². The molecule has 0 bridgehead atoms. The van der Waals surface area contributed by atoms with Gasteiger partial charge in [0.15, 0.2) is 0 Å². The molecule has 1 fully saturated rings. The fourth-order valence-electron chi connectivity index (χ4n) is 2.71. The van der Waals surface area contributed by atoms with Gasteiger partial charge in [-0.25, -0.2) is 4.98 Å². The maximum Gasteiger partial charge on any atom is 0.222 e. The lowest BCUT2D eigenvalue weighted by atomic mass is 10.0. The zero-order valence-electron chi connectivity index (χ0n) is 13.2. The zero-order chi connectivity index (χ0) is 16.1. The molecule has 0 aromatic carbocycles. The van der Waals surface area contributed by atoms with Crippen LogP contribution >= 0.6 is 11.3 Å². The third kappa shape index (κ3) is 4.48. The van der Waals surface area contributed by atoms with Crippen LogP contribution in [0, 0.1) is 6.92 Å². The smallest absolute Gasteiger partial charge is 0.222 e. The maximum absolute atomic E-state index is 12.3. The Morgan fingerprint density at radius 1 is 1.35 bits per heavy atom. The largest absolute Gasteiger partial charge is 0.366 e. The highest BCUT2D eigenvalue weighted by molar-refractivity contribution is 7.07. The molecule has 6 nitrogen and oxygen atoms in total. The lowest BCUT2D eigenvalue weighted by Crippen LogP contribution is -2.42. The van der Waals surface area contributed by atoms with Crippen LogP contribution in [0.15, 0.2) is 23.0 Å². The molecule has 3 rings (SSSR count). The van der Waals surface area contributed by atoms with Gasteiger partial charge in [-0.05, 0) is 38.3 Å². The normalized spacial score (nSPS) is 15.6. The van der Waals surface area contributed by atoms with E-state index < -0.39 is 0 Å². The molecule has 3 heterocycles.